The molecule has 18 heavy (non-hydrogen) atoms. The largest absolute Gasteiger partial charge is 0.496 e. The van der Waals surface area contributed by atoms with Gasteiger partial charge in [0, 0.05) is 17.0 Å². The summed E-state index contributed by atoms with van der Waals surface area (Å²) in [5.74, 6) is 0.865. The van der Waals surface area contributed by atoms with Gasteiger partial charge in [-0.2, -0.15) is 0 Å². The molecule has 1 aromatic heterocycles. The molecule has 1 aromatic carbocycles. The van der Waals surface area contributed by atoms with Crippen LogP contribution in [0.3, 0.4) is 0 Å². The summed E-state index contributed by atoms with van der Waals surface area (Å²) in [6, 6.07) is 6.16. The van der Waals surface area contributed by atoms with Crippen molar-refractivity contribution in [2.24, 2.45) is 5.73 Å². The molecular formula is C14H18N2OS. The SMILES string of the molecule is CCc1sc(CN)nc1-c1cc(C)ccc1OC. The van der Waals surface area contributed by atoms with Crippen molar-refractivity contribution in [1.29, 1.82) is 0 Å². The predicted molar refractivity (Wildman–Crippen MR) is 76.1 cm³/mol. The van der Waals surface area contributed by atoms with Crippen LogP contribution in [-0.2, 0) is 13.0 Å². The number of nitrogens with zero attached hydrogens (tertiary/aromatic N) is 1. The Labute approximate surface area is 112 Å². The van der Waals surface area contributed by atoms with E-state index in [1.807, 2.05) is 12.1 Å². The van der Waals surface area contributed by atoms with Crippen LogP contribution in [-0.4, -0.2) is 12.1 Å². The number of benzene rings is 1. The third-order valence-electron chi connectivity index (χ3n) is 2.85. The zero-order chi connectivity index (χ0) is 13.1. The summed E-state index contributed by atoms with van der Waals surface area (Å²) in [5.41, 5.74) is 8.96. The minimum atomic E-state index is 0.492. The molecule has 3 nitrogen and oxygen atoms in total. The Morgan fingerprint density at radius 1 is 1.39 bits per heavy atom. The lowest BCUT2D eigenvalue weighted by molar-refractivity contribution is 0.416. The Hall–Kier alpha value is -1.39. The average Bonchev–Trinajstić information content (AvgIpc) is 2.81. The highest BCUT2D eigenvalue weighted by Crippen LogP contribution is 2.35. The highest BCUT2D eigenvalue weighted by molar-refractivity contribution is 7.12. The highest BCUT2D eigenvalue weighted by atomic mass is 32.1. The third-order valence-corrected chi connectivity index (χ3v) is 4.07. The lowest BCUT2D eigenvalue weighted by atomic mass is 10.1. The van der Waals surface area contributed by atoms with E-state index in [-0.39, 0.29) is 0 Å². The first-order valence-corrected chi connectivity index (χ1v) is 6.84. The van der Waals surface area contributed by atoms with Crippen LogP contribution in [0.5, 0.6) is 5.75 Å². The molecule has 2 aromatic rings. The number of methoxy groups -OCH3 is 1. The van der Waals surface area contributed by atoms with E-state index in [9.17, 15) is 0 Å². The van der Waals surface area contributed by atoms with Crippen molar-refractivity contribution in [3.05, 3.63) is 33.6 Å². The Morgan fingerprint density at radius 2 is 2.17 bits per heavy atom. The number of ether oxygens (including phenoxy) is 1. The van der Waals surface area contributed by atoms with E-state index in [1.54, 1.807) is 18.4 Å². The molecule has 1 heterocycles. The Kier molecular flexibility index (Phi) is 3.99. The van der Waals surface area contributed by atoms with Gasteiger partial charge in [-0.15, -0.1) is 11.3 Å². The van der Waals surface area contributed by atoms with E-state index in [1.165, 1.54) is 10.4 Å². The van der Waals surface area contributed by atoms with Gasteiger partial charge in [-0.05, 0) is 25.5 Å². The van der Waals surface area contributed by atoms with Gasteiger partial charge >= 0.3 is 0 Å². The second kappa shape index (κ2) is 5.50. The van der Waals surface area contributed by atoms with Crippen molar-refractivity contribution in [1.82, 2.24) is 4.98 Å². The Bertz CT molecular complexity index is 549. The molecule has 0 atom stereocenters. The first-order chi connectivity index (χ1) is 8.69. The molecule has 0 spiro atoms. The summed E-state index contributed by atoms with van der Waals surface area (Å²) in [5, 5.41) is 0.977. The topological polar surface area (TPSA) is 48.1 Å². The number of rotatable bonds is 4. The van der Waals surface area contributed by atoms with Gasteiger partial charge in [0.2, 0.25) is 0 Å². The summed E-state index contributed by atoms with van der Waals surface area (Å²) >= 11 is 1.69. The number of aryl methyl sites for hydroxylation is 2. The van der Waals surface area contributed by atoms with Crippen molar-refractivity contribution >= 4 is 11.3 Å². The molecule has 4 heteroatoms. The monoisotopic (exact) mass is 262 g/mol. The lowest BCUT2D eigenvalue weighted by Crippen LogP contribution is -1.95. The van der Waals surface area contributed by atoms with Crippen molar-refractivity contribution in [3.63, 3.8) is 0 Å². The number of nitrogens with two attached hydrogens (primary N) is 1. The number of aromatic nitrogens is 1. The summed E-state index contributed by atoms with van der Waals surface area (Å²) < 4.78 is 5.43. The highest BCUT2D eigenvalue weighted by Gasteiger charge is 2.15. The van der Waals surface area contributed by atoms with Crippen LogP contribution in [0.25, 0.3) is 11.3 Å². The molecule has 0 radical (unpaired) electrons. The average molecular weight is 262 g/mol. The maximum atomic E-state index is 5.68. The standard InChI is InChI=1S/C14H18N2OS/c1-4-12-14(16-13(8-15)18-12)10-7-9(2)5-6-11(10)17-3/h5-7H,4,8,15H2,1-3H3. The number of hydrogen-bond donors (Lipinski definition) is 1. The fourth-order valence-corrected chi connectivity index (χ4v) is 2.85. The van der Waals surface area contributed by atoms with Crippen LogP contribution >= 0.6 is 11.3 Å². The lowest BCUT2D eigenvalue weighted by Gasteiger charge is -2.08. The molecule has 0 aliphatic carbocycles. The van der Waals surface area contributed by atoms with Gasteiger partial charge in [0.25, 0.3) is 0 Å². The van der Waals surface area contributed by atoms with E-state index in [4.69, 9.17) is 10.5 Å². The van der Waals surface area contributed by atoms with Gasteiger partial charge in [-0.25, -0.2) is 4.98 Å². The van der Waals surface area contributed by atoms with Gasteiger partial charge in [-0.3, -0.25) is 0 Å². The molecule has 0 aliphatic rings. The van der Waals surface area contributed by atoms with Gasteiger partial charge in [0.1, 0.15) is 10.8 Å². The fourth-order valence-electron chi connectivity index (χ4n) is 1.94. The zero-order valence-electron chi connectivity index (χ0n) is 11.0. The first kappa shape index (κ1) is 13.1. The molecule has 0 saturated carbocycles. The van der Waals surface area contributed by atoms with Gasteiger partial charge in [-0.1, -0.05) is 18.6 Å². The summed E-state index contributed by atoms with van der Waals surface area (Å²) in [6.45, 7) is 4.70. The van der Waals surface area contributed by atoms with Crippen LogP contribution in [0, 0.1) is 6.92 Å². The molecular weight excluding hydrogens is 244 g/mol. The molecule has 2 N–H and O–H groups in total. The third kappa shape index (κ3) is 2.40. The van der Waals surface area contributed by atoms with E-state index in [0.717, 1.165) is 28.4 Å². The van der Waals surface area contributed by atoms with Crippen LogP contribution in [0.1, 0.15) is 22.4 Å². The first-order valence-electron chi connectivity index (χ1n) is 6.03. The minimum Gasteiger partial charge on any atom is -0.496 e. The van der Waals surface area contributed by atoms with Crippen LogP contribution < -0.4 is 10.5 Å². The van der Waals surface area contributed by atoms with Crippen molar-refractivity contribution in [2.75, 3.05) is 7.11 Å². The molecule has 0 unspecified atom stereocenters. The quantitative estimate of drug-likeness (QED) is 0.920. The zero-order valence-corrected chi connectivity index (χ0v) is 11.8. The molecule has 0 saturated heterocycles. The van der Waals surface area contributed by atoms with Crippen LogP contribution in [0.4, 0.5) is 0 Å². The number of thiazole rings is 1. The molecule has 0 amide bonds. The van der Waals surface area contributed by atoms with E-state index in [2.05, 4.69) is 24.9 Å². The predicted octanol–water partition coefficient (Wildman–Crippen LogP) is 3.15. The second-order valence-electron chi connectivity index (χ2n) is 4.14. The molecule has 0 fully saturated rings. The summed E-state index contributed by atoms with van der Waals surface area (Å²) in [6.07, 6.45) is 0.962. The van der Waals surface area contributed by atoms with E-state index in [0.29, 0.717) is 6.54 Å². The maximum Gasteiger partial charge on any atom is 0.128 e. The Morgan fingerprint density at radius 3 is 2.78 bits per heavy atom. The van der Waals surface area contributed by atoms with Gasteiger partial charge < -0.3 is 10.5 Å². The van der Waals surface area contributed by atoms with Crippen molar-refractivity contribution in [3.8, 4) is 17.0 Å². The van der Waals surface area contributed by atoms with E-state index >= 15 is 0 Å². The van der Waals surface area contributed by atoms with Crippen LogP contribution in [0.15, 0.2) is 18.2 Å². The summed E-state index contributed by atoms with van der Waals surface area (Å²) in [4.78, 5) is 5.90. The molecule has 0 bridgehead atoms. The maximum absolute atomic E-state index is 5.68. The minimum absolute atomic E-state index is 0.492. The molecule has 2 rings (SSSR count). The Balaban J connectivity index is 2.59. The normalized spacial score (nSPS) is 10.7. The van der Waals surface area contributed by atoms with Crippen molar-refractivity contribution in [2.45, 2.75) is 26.8 Å². The molecule has 0 aliphatic heterocycles. The fraction of sp³-hybridized carbons (Fsp3) is 0.357. The van der Waals surface area contributed by atoms with Crippen LogP contribution in [0.2, 0.25) is 0 Å². The van der Waals surface area contributed by atoms with Gasteiger partial charge in [0.15, 0.2) is 0 Å². The number of hydrogen-bond acceptors (Lipinski definition) is 4. The van der Waals surface area contributed by atoms with E-state index < -0.39 is 0 Å². The van der Waals surface area contributed by atoms with Gasteiger partial charge in [0.05, 0.1) is 12.8 Å². The summed E-state index contributed by atoms with van der Waals surface area (Å²) in [7, 11) is 1.69. The second-order valence-corrected chi connectivity index (χ2v) is 5.31. The molecule has 96 valence electrons. The van der Waals surface area contributed by atoms with Crippen molar-refractivity contribution < 1.29 is 4.74 Å². The smallest absolute Gasteiger partial charge is 0.128 e.